The zero-order chi connectivity index (χ0) is 22.0. The molecule has 3 aromatic rings. The SMILES string of the molecule is CC[NH+](CC)CCNC(=O)CN1C(=O)c2ccccc2[C@@H]1c1cn(C)c2ccccc12. The number of fused-ring (bicyclic) bond motifs is 2. The van der Waals surface area contributed by atoms with E-state index in [1.54, 1.807) is 4.90 Å². The zero-order valence-electron chi connectivity index (χ0n) is 18.5. The van der Waals surface area contributed by atoms with E-state index in [1.807, 2.05) is 43.4 Å². The second-order valence-corrected chi connectivity index (χ2v) is 8.19. The van der Waals surface area contributed by atoms with Crippen molar-refractivity contribution in [3.8, 4) is 0 Å². The molecular formula is C25H31N4O2+. The molecule has 0 radical (unpaired) electrons. The minimum absolute atomic E-state index is 0.0506. The van der Waals surface area contributed by atoms with Gasteiger partial charge >= 0.3 is 0 Å². The monoisotopic (exact) mass is 419 g/mol. The first-order valence-electron chi connectivity index (χ1n) is 11.1. The highest BCUT2D eigenvalue weighted by molar-refractivity contribution is 6.02. The van der Waals surface area contributed by atoms with Crippen LogP contribution in [0.3, 0.4) is 0 Å². The third-order valence-electron chi connectivity index (χ3n) is 6.40. The minimum Gasteiger partial charge on any atom is -0.350 e. The Hall–Kier alpha value is -3.12. The van der Waals surface area contributed by atoms with E-state index in [2.05, 4.69) is 42.1 Å². The number of nitrogens with zero attached hydrogens (tertiary/aromatic N) is 2. The van der Waals surface area contributed by atoms with Crippen molar-refractivity contribution in [2.45, 2.75) is 19.9 Å². The summed E-state index contributed by atoms with van der Waals surface area (Å²) in [6.45, 7) is 7.93. The van der Waals surface area contributed by atoms with Crippen molar-refractivity contribution >= 4 is 22.7 Å². The number of aryl methyl sites for hydroxylation is 1. The van der Waals surface area contributed by atoms with Gasteiger partial charge in [-0.25, -0.2) is 0 Å². The molecule has 0 saturated heterocycles. The topological polar surface area (TPSA) is 58.8 Å². The van der Waals surface area contributed by atoms with E-state index in [-0.39, 0.29) is 24.4 Å². The first-order chi connectivity index (χ1) is 15.0. The van der Waals surface area contributed by atoms with E-state index in [9.17, 15) is 9.59 Å². The Kier molecular flexibility index (Phi) is 6.09. The molecule has 1 aromatic heterocycles. The predicted molar refractivity (Wildman–Crippen MR) is 122 cm³/mol. The summed E-state index contributed by atoms with van der Waals surface area (Å²) in [5.41, 5.74) is 3.81. The maximum atomic E-state index is 13.3. The fraction of sp³-hybridized carbons (Fsp3) is 0.360. The number of hydrogen-bond donors (Lipinski definition) is 2. The number of benzene rings is 2. The molecule has 6 heteroatoms. The normalized spacial score (nSPS) is 15.7. The van der Waals surface area contributed by atoms with Gasteiger partial charge in [-0.2, -0.15) is 0 Å². The molecule has 4 rings (SSSR count). The summed E-state index contributed by atoms with van der Waals surface area (Å²) in [7, 11) is 2.01. The molecule has 1 atom stereocenters. The van der Waals surface area contributed by atoms with Crippen molar-refractivity contribution in [2.75, 3.05) is 32.7 Å². The van der Waals surface area contributed by atoms with Gasteiger partial charge in [-0.3, -0.25) is 9.59 Å². The Morgan fingerprint density at radius 3 is 2.52 bits per heavy atom. The maximum Gasteiger partial charge on any atom is 0.255 e. The number of likely N-dealkylation sites (N-methyl/N-ethyl adjacent to an activating group) is 1. The lowest BCUT2D eigenvalue weighted by Crippen LogP contribution is -3.12. The van der Waals surface area contributed by atoms with Crippen LogP contribution in [0.1, 0.15) is 41.4 Å². The Morgan fingerprint density at radius 2 is 1.74 bits per heavy atom. The summed E-state index contributed by atoms with van der Waals surface area (Å²) in [5.74, 6) is -0.198. The predicted octanol–water partition coefficient (Wildman–Crippen LogP) is 1.76. The van der Waals surface area contributed by atoms with E-state index in [0.29, 0.717) is 12.1 Å². The largest absolute Gasteiger partial charge is 0.350 e. The van der Waals surface area contributed by atoms with Crippen LogP contribution < -0.4 is 10.2 Å². The Bertz CT molecular complexity index is 1100. The minimum atomic E-state index is -0.269. The van der Waals surface area contributed by atoms with Crippen LogP contribution in [0.25, 0.3) is 10.9 Å². The van der Waals surface area contributed by atoms with Crippen LogP contribution in [0.2, 0.25) is 0 Å². The molecule has 0 aliphatic carbocycles. The summed E-state index contributed by atoms with van der Waals surface area (Å²) in [6, 6.07) is 15.6. The van der Waals surface area contributed by atoms with Gasteiger partial charge in [0.05, 0.1) is 32.2 Å². The zero-order valence-corrected chi connectivity index (χ0v) is 18.5. The molecule has 2 amide bonds. The Balaban J connectivity index is 1.62. The molecule has 0 fully saturated rings. The fourth-order valence-electron chi connectivity index (χ4n) is 4.65. The number of quaternary nitrogens is 1. The van der Waals surface area contributed by atoms with Gasteiger partial charge in [0.25, 0.3) is 5.91 Å². The highest BCUT2D eigenvalue weighted by Crippen LogP contribution is 2.41. The van der Waals surface area contributed by atoms with Crippen LogP contribution in [0, 0.1) is 0 Å². The average Bonchev–Trinajstić information content (AvgIpc) is 3.26. The van der Waals surface area contributed by atoms with Gasteiger partial charge in [-0.15, -0.1) is 0 Å². The molecule has 31 heavy (non-hydrogen) atoms. The highest BCUT2D eigenvalue weighted by atomic mass is 16.2. The number of carbonyl (C=O) groups is 2. The van der Waals surface area contributed by atoms with Crippen molar-refractivity contribution in [2.24, 2.45) is 7.05 Å². The summed E-state index contributed by atoms with van der Waals surface area (Å²) < 4.78 is 2.08. The first-order valence-corrected chi connectivity index (χ1v) is 11.1. The van der Waals surface area contributed by atoms with E-state index >= 15 is 0 Å². The van der Waals surface area contributed by atoms with Gasteiger partial charge in [0, 0.05) is 35.3 Å². The molecule has 2 heterocycles. The van der Waals surface area contributed by atoms with Crippen molar-refractivity contribution < 1.29 is 14.5 Å². The summed E-state index contributed by atoms with van der Waals surface area (Å²) in [5, 5.41) is 4.12. The molecule has 2 aromatic carbocycles. The number of nitrogens with one attached hydrogen (secondary N) is 2. The van der Waals surface area contributed by atoms with E-state index < -0.39 is 0 Å². The van der Waals surface area contributed by atoms with Gasteiger partial charge < -0.3 is 19.7 Å². The standard InChI is InChI=1S/C25H30N4O2/c1-4-28(5-2)15-14-26-23(30)17-29-24(19-11-6-7-12-20(19)25(29)31)21-16-27(3)22-13-9-8-10-18(21)22/h6-13,16,24H,4-5,14-15,17H2,1-3H3,(H,26,30)/p+1/t24-/m1/s1. The highest BCUT2D eigenvalue weighted by Gasteiger charge is 2.39. The van der Waals surface area contributed by atoms with Crippen LogP contribution in [0.15, 0.2) is 54.7 Å². The molecule has 1 aliphatic rings. The second kappa shape index (κ2) is 8.94. The quantitative estimate of drug-likeness (QED) is 0.585. The Labute approximate surface area is 183 Å². The summed E-state index contributed by atoms with van der Waals surface area (Å²) >= 11 is 0. The van der Waals surface area contributed by atoms with E-state index in [4.69, 9.17) is 0 Å². The van der Waals surface area contributed by atoms with Gasteiger partial charge in [0.2, 0.25) is 5.91 Å². The van der Waals surface area contributed by atoms with Gasteiger partial charge in [0.1, 0.15) is 6.54 Å². The molecule has 162 valence electrons. The number of aromatic nitrogens is 1. The lowest BCUT2D eigenvalue weighted by Gasteiger charge is -2.25. The van der Waals surface area contributed by atoms with Crippen molar-refractivity contribution in [3.63, 3.8) is 0 Å². The van der Waals surface area contributed by atoms with Crippen molar-refractivity contribution in [3.05, 3.63) is 71.4 Å². The van der Waals surface area contributed by atoms with Crippen LogP contribution in [0.4, 0.5) is 0 Å². The third-order valence-corrected chi connectivity index (χ3v) is 6.40. The van der Waals surface area contributed by atoms with Gasteiger partial charge in [0.15, 0.2) is 0 Å². The van der Waals surface area contributed by atoms with Gasteiger partial charge in [-0.1, -0.05) is 36.4 Å². The fourth-order valence-corrected chi connectivity index (χ4v) is 4.65. The number of para-hydroxylation sites is 1. The molecule has 0 unspecified atom stereocenters. The number of amides is 2. The number of rotatable bonds is 8. The molecule has 6 nitrogen and oxygen atoms in total. The Morgan fingerprint density at radius 1 is 1.03 bits per heavy atom. The summed E-state index contributed by atoms with van der Waals surface area (Å²) in [4.78, 5) is 29.2. The maximum absolute atomic E-state index is 13.3. The van der Waals surface area contributed by atoms with Crippen molar-refractivity contribution in [1.29, 1.82) is 0 Å². The van der Waals surface area contributed by atoms with Crippen molar-refractivity contribution in [1.82, 2.24) is 14.8 Å². The average molecular weight is 420 g/mol. The molecular weight excluding hydrogens is 388 g/mol. The van der Waals surface area contributed by atoms with Crippen LogP contribution in [-0.2, 0) is 11.8 Å². The van der Waals surface area contributed by atoms with Crippen LogP contribution in [0.5, 0.6) is 0 Å². The molecule has 2 N–H and O–H groups in total. The lowest BCUT2D eigenvalue weighted by molar-refractivity contribution is -0.895. The van der Waals surface area contributed by atoms with E-state index in [0.717, 1.165) is 41.7 Å². The van der Waals surface area contributed by atoms with Gasteiger partial charge in [-0.05, 0) is 31.5 Å². The number of carbonyl (C=O) groups excluding carboxylic acids is 2. The molecule has 0 saturated carbocycles. The smallest absolute Gasteiger partial charge is 0.255 e. The third kappa shape index (κ3) is 3.95. The second-order valence-electron chi connectivity index (χ2n) is 8.19. The first kappa shape index (κ1) is 21.1. The molecule has 0 spiro atoms. The lowest BCUT2D eigenvalue weighted by atomic mass is 9.97. The molecule has 0 bridgehead atoms. The number of hydrogen-bond acceptors (Lipinski definition) is 2. The van der Waals surface area contributed by atoms with Crippen LogP contribution in [-0.4, -0.2) is 54.0 Å². The van der Waals surface area contributed by atoms with Crippen LogP contribution >= 0.6 is 0 Å². The van der Waals surface area contributed by atoms with E-state index in [1.165, 1.54) is 4.90 Å². The molecule has 1 aliphatic heterocycles. The summed E-state index contributed by atoms with van der Waals surface area (Å²) in [6.07, 6.45) is 2.08.